The minimum absolute atomic E-state index is 0.152. The summed E-state index contributed by atoms with van der Waals surface area (Å²) >= 11 is 0. The topological polar surface area (TPSA) is 88.7 Å². The van der Waals surface area contributed by atoms with Crippen LogP contribution >= 0.6 is 0 Å². The summed E-state index contributed by atoms with van der Waals surface area (Å²) in [5, 5.41) is 12.0. The monoisotopic (exact) mass is 735 g/mol. The number of nitrogens with one attached hydrogen (secondary N) is 4. The van der Waals surface area contributed by atoms with Gasteiger partial charge in [0.15, 0.2) is 0 Å². The van der Waals surface area contributed by atoms with Gasteiger partial charge in [0.2, 0.25) is 0 Å². The van der Waals surface area contributed by atoms with Gasteiger partial charge in [-0.05, 0) is 132 Å². The number of rotatable bonds is 32. The van der Waals surface area contributed by atoms with Gasteiger partial charge >= 0.3 is 12.1 Å². The van der Waals surface area contributed by atoms with Crippen LogP contribution in [0.1, 0.15) is 154 Å². The highest BCUT2D eigenvalue weighted by atomic mass is 16.2. The first-order valence-corrected chi connectivity index (χ1v) is 21.7. The molecular weight excluding hydrogens is 657 g/mol. The number of urea groups is 2. The van der Waals surface area contributed by atoms with Crippen LogP contribution in [0.2, 0.25) is 0 Å². The fourth-order valence-corrected chi connectivity index (χ4v) is 6.63. The zero-order valence-corrected chi connectivity index (χ0v) is 34.4. The van der Waals surface area contributed by atoms with Crippen LogP contribution in [0, 0.1) is 0 Å². The average Bonchev–Trinajstić information content (AvgIpc) is 3.16. The minimum Gasteiger partial charge on any atom is -0.338 e. The molecule has 0 heterocycles. The zero-order chi connectivity index (χ0) is 38.2. The Kier molecular flexibility index (Phi) is 27.2. The maximum absolute atomic E-state index is 12.5. The molecule has 300 valence electrons. The average molecular weight is 735 g/mol. The lowest BCUT2D eigenvalue weighted by atomic mass is 10.0. The molecule has 0 spiro atoms. The van der Waals surface area contributed by atoms with Crippen LogP contribution in [0.25, 0.3) is 0 Å². The van der Waals surface area contributed by atoms with Crippen LogP contribution in [0.5, 0.6) is 0 Å². The quantitative estimate of drug-likeness (QED) is 0.0564. The molecule has 0 aliphatic carbocycles. The maximum Gasteiger partial charge on any atom is 0.319 e. The number of benzene rings is 2. The highest BCUT2D eigenvalue weighted by Gasteiger charge is 2.08. The molecule has 2 aromatic rings. The summed E-state index contributed by atoms with van der Waals surface area (Å²) in [6.45, 7) is 17.4. The molecule has 0 radical (unpaired) electrons. The van der Waals surface area contributed by atoms with Crippen LogP contribution in [0.15, 0.2) is 48.5 Å². The third-order valence-corrected chi connectivity index (χ3v) is 10.0. The predicted molar refractivity (Wildman–Crippen MR) is 228 cm³/mol. The van der Waals surface area contributed by atoms with Gasteiger partial charge in [0.1, 0.15) is 0 Å². The molecule has 0 aliphatic rings. The second-order valence-corrected chi connectivity index (χ2v) is 15.0. The second kappa shape index (κ2) is 31.3. The van der Waals surface area contributed by atoms with E-state index in [-0.39, 0.29) is 12.1 Å². The number of nitrogens with zero attached hydrogens (tertiary/aromatic N) is 2. The normalized spacial score (nSPS) is 11.3. The van der Waals surface area contributed by atoms with Gasteiger partial charge in [-0.1, -0.05) is 116 Å². The Hall–Kier alpha value is -3.10. The Morgan fingerprint density at radius 2 is 0.736 bits per heavy atom. The van der Waals surface area contributed by atoms with E-state index in [0.29, 0.717) is 13.1 Å². The van der Waals surface area contributed by atoms with Crippen molar-refractivity contribution >= 4 is 23.4 Å². The second-order valence-electron chi connectivity index (χ2n) is 15.0. The van der Waals surface area contributed by atoms with E-state index >= 15 is 0 Å². The molecule has 53 heavy (non-hydrogen) atoms. The van der Waals surface area contributed by atoms with Crippen molar-refractivity contribution in [3.05, 3.63) is 59.7 Å². The van der Waals surface area contributed by atoms with Gasteiger partial charge in [-0.3, -0.25) is 0 Å². The van der Waals surface area contributed by atoms with Crippen LogP contribution in [-0.2, 0) is 6.42 Å². The summed E-state index contributed by atoms with van der Waals surface area (Å²) < 4.78 is 0. The van der Waals surface area contributed by atoms with Crippen LogP contribution in [-0.4, -0.2) is 74.2 Å². The lowest BCUT2D eigenvalue weighted by molar-refractivity contribution is 0.248. The van der Waals surface area contributed by atoms with E-state index in [1.165, 1.54) is 116 Å². The standard InChI is InChI=1S/C45H78N6O2/c1-5-9-13-15-19-35-50(33-11-7-3)37-21-17-31-46-44(52)48-42-27-23-40(24-28-42)39-41-25-29-43(30-26-41)49-45(53)47-32-18-22-38-51(34-12-8-4)36-20-16-14-10-6-2/h23-30H,5-22,31-39H2,1-4H3,(H2,46,48,52)(H2,47,49,53). The summed E-state index contributed by atoms with van der Waals surface area (Å²) in [7, 11) is 0. The lowest BCUT2D eigenvalue weighted by Crippen LogP contribution is -2.31. The van der Waals surface area contributed by atoms with Crippen molar-refractivity contribution in [1.29, 1.82) is 0 Å². The summed E-state index contributed by atoms with van der Waals surface area (Å²) in [6, 6.07) is 15.7. The maximum atomic E-state index is 12.5. The van der Waals surface area contributed by atoms with E-state index in [0.717, 1.165) is 67.7 Å². The van der Waals surface area contributed by atoms with E-state index in [1.54, 1.807) is 0 Å². The van der Waals surface area contributed by atoms with Gasteiger partial charge < -0.3 is 31.1 Å². The highest BCUT2D eigenvalue weighted by Crippen LogP contribution is 2.16. The van der Waals surface area contributed by atoms with Gasteiger partial charge in [-0.25, -0.2) is 9.59 Å². The first-order chi connectivity index (χ1) is 26.0. The Bertz CT molecular complexity index is 1080. The van der Waals surface area contributed by atoms with E-state index < -0.39 is 0 Å². The minimum atomic E-state index is -0.152. The third kappa shape index (κ3) is 24.0. The number of hydrogen-bond donors (Lipinski definition) is 4. The van der Waals surface area contributed by atoms with Crippen molar-refractivity contribution in [1.82, 2.24) is 20.4 Å². The molecule has 0 bridgehead atoms. The summed E-state index contributed by atoms with van der Waals surface area (Å²) in [5.41, 5.74) is 3.91. The molecule has 4 N–H and O–H groups in total. The summed E-state index contributed by atoms with van der Waals surface area (Å²) in [4.78, 5) is 30.2. The Morgan fingerprint density at radius 1 is 0.415 bits per heavy atom. The number of carbonyl (C=O) groups excluding carboxylic acids is 2. The van der Waals surface area contributed by atoms with E-state index in [1.807, 2.05) is 24.3 Å². The molecule has 0 aliphatic heterocycles. The first kappa shape index (κ1) is 46.1. The van der Waals surface area contributed by atoms with Crippen LogP contribution in [0.4, 0.5) is 21.0 Å². The van der Waals surface area contributed by atoms with E-state index in [9.17, 15) is 9.59 Å². The number of anilines is 2. The van der Waals surface area contributed by atoms with Crippen molar-refractivity contribution in [3.8, 4) is 0 Å². The first-order valence-electron chi connectivity index (χ1n) is 21.7. The van der Waals surface area contributed by atoms with Crippen LogP contribution < -0.4 is 21.3 Å². The zero-order valence-electron chi connectivity index (χ0n) is 34.4. The highest BCUT2D eigenvalue weighted by molar-refractivity contribution is 5.89. The molecule has 4 amide bonds. The van der Waals surface area contributed by atoms with E-state index in [2.05, 4.69) is 83.0 Å². The fourth-order valence-electron chi connectivity index (χ4n) is 6.63. The van der Waals surface area contributed by atoms with Gasteiger partial charge in [0.25, 0.3) is 0 Å². The Labute approximate surface area is 325 Å². The Morgan fingerprint density at radius 3 is 1.09 bits per heavy atom. The lowest BCUT2D eigenvalue weighted by Gasteiger charge is -2.22. The molecule has 0 unspecified atom stereocenters. The molecular formula is C45H78N6O2. The van der Waals surface area contributed by atoms with Crippen molar-refractivity contribution in [2.75, 3.05) is 63.0 Å². The number of unbranched alkanes of at least 4 members (excludes halogenated alkanes) is 12. The molecule has 0 saturated heterocycles. The predicted octanol–water partition coefficient (Wildman–Crippen LogP) is 11.2. The van der Waals surface area contributed by atoms with Crippen molar-refractivity contribution < 1.29 is 9.59 Å². The number of hydrogen-bond acceptors (Lipinski definition) is 4. The molecule has 8 nitrogen and oxygen atoms in total. The third-order valence-electron chi connectivity index (χ3n) is 10.0. The van der Waals surface area contributed by atoms with Gasteiger partial charge in [0, 0.05) is 24.5 Å². The number of amides is 4. The largest absolute Gasteiger partial charge is 0.338 e. The van der Waals surface area contributed by atoms with Crippen molar-refractivity contribution in [2.24, 2.45) is 0 Å². The molecule has 0 saturated carbocycles. The fraction of sp³-hybridized carbons (Fsp3) is 0.689. The van der Waals surface area contributed by atoms with Crippen molar-refractivity contribution in [3.63, 3.8) is 0 Å². The molecule has 0 fully saturated rings. The Balaban J connectivity index is 1.62. The molecule has 0 atom stereocenters. The van der Waals surface area contributed by atoms with Gasteiger partial charge in [-0.2, -0.15) is 0 Å². The summed E-state index contributed by atoms with van der Waals surface area (Å²) in [5.74, 6) is 0. The SMILES string of the molecule is CCCCCCCN(CCCC)CCCCNC(=O)Nc1ccc(Cc2ccc(NC(=O)NCCCCN(CCCC)CCCCCCC)cc2)cc1. The summed E-state index contributed by atoms with van der Waals surface area (Å²) in [6.07, 6.45) is 23.2. The molecule has 2 rings (SSSR count). The van der Waals surface area contributed by atoms with Gasteiger partial charge in [0.05, 0.1) is 0 Å². The van der Waals surface area contributed by atoms with Gasteiger partial charge in [-0.15, -0.1) is 0 Å². The molecule has 0 aromatic heterocycles. The van der Waals surface area contributed by atoms with Crippen molar-refractivity contribution in [2.45, 2.75) is 150 Å². The van der Waals surface area contributed by atoms with E-state index in [4.69, 9.17) is 0 Å². The molecule has 2 aromatic carbocycles. The smallest absolute Gasteiger partial charge is 0.319 e. The number of carbonyl (C=O) groups is 2. The van der Waals surface area contributed by atoms with Crippen LogP contribution in [0.3, 0.4) is 0 Å². The molecule has 8 heteroatoms.